The summed E-state index contributed by atoms with van der Waals surface area (Å²) in [5.74, 6) is 0. The molecule has 9 heavy (non-hydrogen) atoms. The summed E-state index contributed by atoms with van der Waals surface area (Å²) in [5, 5.41) is 3.23. The minimum absolute atomic E-state index is 0. The molecule has 0 spiro atoms. The standard InChI is InChI=1S/C5H12N2.2ClH/c1-3-5(6)4(2)7-3;;/h3-5,7H,6H2,1-2H3;2*1H. The molecule has 1 aliphatic rings. The highest BCUT2D eigenvalue weighted by Crippen LogP contribution is 2.07. The van der Waals surface area contributed by atoms with Crippen LogP contribution in [0.15, 0.2) is 0 Å². The molecule has 58 valence electrons. The van der Waals surface area contributed by atoms with Crippen LogP contribution in [0.2, 0.25) is 0 Å². The molecule has 0 aliphatic carbocycles. The lowest BCUT2D eigenvalue weighted by Gasteiger charge is -2.39. The van der Waals surface area contributed by atoms with Crippen LogP contribution in [-0.4, -0.2) is 18.1 Å². The predicted molar refractivity (Wildman–Crippen MR) is 44.5 cm³/mol. The van der Waals surface area contributed by atoms with Gasteiger partial charge < -0.3 is 11.1 Å². The van der Waals surface area contributed by atoms with Gasteiger partial charge >= 0.3 is 0 Å². The largest absolute Gasteiger partial charge is 0.325 e. The first-order valence-electron chi connectivity index (χ1n) is 2.73. The topological polar surface area (TPSA) is 38.0 Å². The second-order valence-electron chi connectivity index (χ2n) is 2.32. The summed E-state index contributed by atoms with van der Waals surface area (Å²) in [6.07, 6.45) is 0. The van der Waals surface area contributed by atoms with Gasteiger partial charge in [0.2, 0.25) is 0 Å². The highest BCUT2D eigenvalue weighted by molar-refractivity contribution is 5.85. The summed E-state index contributed by atoms with van der Waals surface area (Å²) in [6.45, 7) is 4.20. The first kappa shape index (κ1) is 12.2. The molecule has 2 unspecified atom stereocenters. The van der Waals surface area contributed by atoms with E-state index < -0.39 is 0 Å². The molecule has 1 saturated heterocycles. The smallest absolute Gasteiger partial charge is 0.0345 e. The third-order valence-electron chi connectivity index (χ3n) is 1.68. The van der Waals surface area contributed by atoms with E-state index in [9.17, 15) is 0 Å². The van der Waals surface area contributed by atoms with Gasteiger partial charge in [-0.25, -0.2) is 0 Å². The Morgan fingerprint density at radius 2 is 1.44 bits per heavy atom. The number of nitrogens with two attached hydrogens (primary N) is 1. The Kier molecular flexibility index (Phi) is 5.88. The molecular formula is C5H14Cl2N2. The fourth-order valence-corrected chi connectivity index (χ4v) is 0.951. The Morgan fingerprint density at radius 3 is 1.44 bits per heavy atom. The molecule has 2 atom stereocenters. The first-order chi connectivity index (χ1) is 3.22. The first-order valence-corrected chi connectivity index (χ1v) is 2.73. The minimum atomic E-state index is 0. The van der Waals surface area contributed by atoms with Crippen molar-refractivity contribution in [1.29, 1.82) is 0 Å². The summed E-state index contributed by atoms with van der Waals surface area (Å²) >= 11 is 0. The fourth-order valence-electron chi connectivity index (χ4n) is 0.951. The van der Waals surface area contributed by atoms with E-state index in [0.717, 1.165) is 0 Å². The van der Waals surface area contributed by atoms with Crippen molar-refractivity contribution in [3.05, 3.63) is 0 Å². The van der Waals surface area contributed by atoms with Gasteiger partial charge in [0.05, 0.1) is 0 Å². The van der Waals surface area contributed by atoms with Crippen molar-refractivity contribution in [2.75, 3.05) is 0 Å². The van der Waals surface area contributed by atoms with Crippen molar-refractivity contribution < 1.29 is 0 Å². The molecule has 0 aromatic carbocycles. The monoisotopic (exact) mass is 172 g/mol. The molecule has 1 aliphatic heterocycles. The van der Waals surface area contributed by atoms with E-state index in [2.05, 4.69) is 19.2 Å². The fraction of sp³-hybridized carbons (Fsp3) is 1.00. The van der Waals surface area contributed by atoms with Crippen molar-refractivity contribution in [3.8, 4) is 0 Å². The Hall–Kier alpha value is 0.500. The van der Waals surface area contributed by atoms with Crippen molar-refractivity contribution in [2.24, 2.45) is 5.73 Å². The maximum Gasteiger partial charge on any atom is 0.0345 e. The summed E-state index contributed by atoms with van der Waals surface area (Å²) in [5.41, 5.74) is 5.60. The minimum Gasteiger partial charge on any atom is -0.325 e. The number of halogens is 2. The molecule has 0 radical (unpaired) electrons. The average Bonchev–Trinajstić information content (AvgIpc) is 1.68. The van der Waals surface area contributed by atoms with E-state index in [0.29, 0.717) is 18.1 Å². The van der Waals surface area contributed by atoms with Crippen LogP contribution in [0.25, 0.3) is 0 Å². The zero-order valence-electron chi connectivity index (χ0n) is 5.63. The van der Waals surface area contributed by atoms with Gasteiger partial charge in [0.15, 0.2) is 0 Å². The Bertz CT molecular complexity index is 71.4. The molecular weight excluding hydrogens is 159 g/mol. The van der Waals surface area contributed by atoms with Crippen LogP contribution >= 0.6 is 24.8 Å². The lowest BCUT2D eigenvalue weighted by atomic mass is 9.94. The van der Waals surface area contributed by atoms with E-state index >= 15 is 0 Å². The maximum absolute atomic E-state index is 5.60. The van der Waals surface area contributed by atoms with Crippen LogP contribution < -0.4 is 11.1 Å². The second-order valence-corrected chi connectivity index (χ2v) is 2.32. The van der Waals surface area contributed by atoms with E-state index in [-0.39, 0.29) is 24.8 Å². The number of hydrogen-bond acceptors (Lipinski definition) is 2. The molecule has 1 fully saturated rings. The highest BCUT2D eigenvalue weighted by Gasteiger charge is 2.29. The SMILES string of the molecule is CC1NC(C)C1N.Cl.Cl. The normalized spacial score (nSPS) is 39.7. The van der Waals surface area contributed by atoms with Crippen molar-refractivity contribution in [3.63, 3.8) is 0 Å². The Morgan fingerprint density at radius 1 is 1.11 bits per heavy atom. The molecule has 2 nitrogen and oxygen atoms in total. The van der Waals surface area contributed by atoms with Crippen LogP contribution in [0.4, 0.5) is 0 Å². The van der Waals surface area contributed by atoms with Crippen LogP contribution in [0.3, 0.4) is 0 Å². The number of hydrogen-bond donors (Lipinski definition) is 2. The number of rotatable bonds is 0. The van der Waals surface area contributed by atoms with E-state index in [4.69, 9.17) is 5.73 Å². The number of nitrogens with one attached hydrogen (secondary N) is 1. The van der Waals surface area contributed by atoms with Gasteiger partial charge in [0.1, 0.15) is 0 Å². The van der Waals surface area contributed by atoms with E-state index in [1.54, 1.807) is 0 Å². The zero-order chi connectivity index (χ0) is 5.44. The van der Waals surface area contributed by atoms with Gasteiger partial charge in [-0.15, -0.1) is 24.8 Å². The second kappa shape index (κ2) is 4.34. The summed E-state index contributed by atoms with van der Waals surface area (Å²) in [4.78, 5) is 0. The molecule has 0 aromatic heterocycles. The molecule has 1 rings (SSSR count). The Balaban J connectivity index is 0. The van der Waals surface area contributed by atoms with Crippen molar-refractivity contribution >= 4 is 24.8 Å². The predicted octanol–water partition coefficient (Wildman–Crippen LogP) is 0.537. The molecule has 0 bridgehead atoms. The average molecular weight is 173 g/mol. The van der Waals surface area contributed by atoms with Crippen LogP contribution in [0.5, 0.6) is 0 Å². The third-order valence-corrected chi connectivity index (χ3v) is 1.68. The molecule has 4 heteroatoms. The quantitative estimate of drug-likeness (QED) is 0.561. The summed E-state index contributed by atoms with van der Waals surface area (Å²) in [7, 11) is 0. The zero-order valence-corrected chi connectivity index (χ0v) is 7.26. The molecule has 0 aromatic rings. The maximum atomic E-state index is 5.60. The molecule has 1 heterocycles. The van der Waals surface area contributed by atoms with Crippen LogP contribution in [0.1, 0.15) is 13.8 Å². The molecule has 0 amide bonds. The van der Waals surface area contributed by atoms with Gasteiger partial charge in [0.25, 0.3) is 0 Å². The van der Waals surface area contributed by atoms with Gasteiger partial charge in [-0.3, -0.25) is 0 Å². The molecule has 0 saturated carbocycles. The van der Waals surface area contributed by atoms with Crippen LogP contribution in [-0.2, 0) is 0 Å². The van der Waals surface area contributed by atoms with Gasteiger partial charge in [-0.05, 0) is 13.8 Å². The summed E-state index contributed by atoms with van der Waals surface area (Å²) in [6, 6.07) is 1.46. The van der Waals surface area contributed by atoms with E-state index in [1.165, 1.54) is 0 Å². The van der Waals surface area contributed by atoms with Gasteiger partial charge in [0, 0.05) is 18.1 Å². The lowest BCUT2D eigenvalue weighted by Crippen LogP contribution is -2.66. The van der Waals surface area contributed by atoms with Gasteiger partial charge in [-0.1, -0.05) is 0 Å². The summed E-state index contributed by atoms with van der Waals surface area (Å²) < 4.78 is 0. The van der Waals surface area contributed by atoms with Gasteiger partial charge in [-0.2, -0.15) is 0 Å². The highest BCUT2D eigenvalue weighted by atomic mass is 35.5. The van der Waals surface area contributed by atoms with Crippen LogP contribution in [0, 0.1) is 0 Å². The lowest BCUT2D eigenvalue weighted by molar-refractivity contribution is 0.247. The van der Waals surface area contributed by atoms with Crippen molar-refractivity contribution in [1.82, 2.24) is 5.32 Å². The third kappa shape index (κ3) is 2.30. The van der Waals surface area contributed by atoms with E-state index in [1.807, 2.05) is 0 Å². The Labute approximate surface area is 68.4 Å². The molecule has 3 N–H and O–H groups in total. The van der Waals surface area contributed by atoms with Crippen molar-refractivity contribution in [2.45, 2.75) is 32.0 Å².